The molecular weight excluding hydrogens is 274 g/mol. The van der Waals surface area contributed by atoms with E-state index >= 15 is 0 Å². The maximum absolute atomic E-state index is 9.41. The number of nitrogens with two attached hydrogens (primary N) is 1. The van der Waals surface area contributed by atoms with Crippen LogP contribution in [0.15, 0.2) is 39.5 Å². The van der Waals surface area contributed by atoms with Crippen molar-refractivity contribution in [3.8, 4) is 5.75 Å². The molecule has 0 unspecified atom stereocenters. The Labute approximate surface area is 100 Å². The van der Waals surface area contributed by atoms with Gasteiger partial charge in [-0.15, -0.1) is 0 Å². The van der Waals surface area contributed by atoms with Gasteiger partial charge in [-0.25, -0.2) is 0 Å². The fourth-order valence-electron chi connectivity index (χ4n) is 1.40. The van der Waals surface area contributed by atoms with Crippen molar-refractivity contribution >= 4 is 27.3 Å². The molecule has 0 radical (unpaired) electrons. The number of phenols is 1. The van der Waals surface area contributed by atoms with Crippen LogP contribution in [0.5, 0.6) is 5.75 Å². The van der Waals surface area contributed by atoms with Crippen molar-refractivity contribution in [3.63, 3.8) is 0 Å². The second kappa shape index (κ2) is 4.35. The van der Waals surface area contributed by atoms with Crippen LogP contribution in [-0.2, 0) is 0 Å². The second-order valence-electron chi connectivity index (χ2n) is 3.24. The molecule has 0 fully saturated rings. The summed E-state index contributed by atoms with van der Waals surface area (Å²) in [5.41, 5.74) is 8.05. The summed E-state index contributed by atoms with van der Waals surface area (Å²) in [6.07, 6.45) is 0. The number of phenolic OH excluding ortho intramolecular Hbond substituents is 1. The molecule has 0 aliphatic carbocycles. The van der Waals surface area contributed by atoms with E-state index in [1.54, 1.807) is 29.5 Å². The minimum absolute atomic E-state index is 0.197. The van der Waals surface area contributed by atoms with Crippen LogP contribution < -0.4 is 5.73 Å². The number of rotatable bonds is 2. The minimum Gasteiger partial charge on any atom is -0.508 e. The quantitative estimate of drug-likeness (QED) is 0.889. The Bertz CT molecular complexity index is 456. The van der Waals surface area contributed by atoms with Gasteiger partial charge in [0.15, 0.2) is 0 Å². The van der Waals surface area contributed by atoms with Gasteiger partial charge in [-0.05, 0) is 46.2 Å². The molecule has 2 rings (SSSR count). The van der Waals surface area contributed by atoms with Gasteiger partial charge in [0.05, 0.1) is 6.04 Å². The third-order valence-corrected chi connectivity index (χ3v) is 3.64. The summed E-state index contributed by atoms with van der Waals surface area (Å²) in [4.78, 5) is 0. The van der Waals surface area contributed by atoms with Gasteiger partial charge in [0.1, 0.15) is 5.75 Å². The van der Waals surface area contributed by atoms with Crippen molar-refractivity contribution < 1.29 is 5.11 Å². The smallest absolute Gasteiger partial charge is 0.116 e. The summed E-state index contributed by atoms with van der Waals surface area (Å²) in [5, 5.41) is 13.4. The first-order chi connectivity index (χ1) is 7.18. The normalized spacial score (nSPS) is 12.7. The molecule has 1 atom stereocenters. The van der Waals surface area contributed by atoms with Gasteiger partial charge in [-0.1, -0.05) is 15.9 Å². The average molecular weight is 284 g/mol. The van der Waals surface area contributed by atoms with Crippen molar-refractivity contribution in [3.05, 3.63) is 50.6 Å². The van der Waals surface area contributed by atoms with E-state index in [0.717, 1.165) is 15.6 Å². The molecule has 0 saturated carbocycles. The SMILES string of the molecule is N[C@@H](c1ccsc1)c1cc(O)ccc1Br. The summed E-state index contributed by atoms with van der Waals surface area (Å²) in [5.74, 6) is 0.235. The molecule has 1 heterocycles. The summed E-state index contributed by atoms with van der Waals surface area (Å²) in [6, 6.07) is 6.92. The molecule has 1 aromatic carbocycles. The molecule has 2 nitrogen and oxygen atoms in total. The predicted octanol–water partition coefficient (Wildman–Crippen LogP) is 3.26. The Morgan fingerprint density at radius 2 is 2.13 bits per heavy atom. The Balaban J connectivity index is 2.41. The van der Waals surface area contributed by atoms with Crippen LogP contribution in [0.4, 0.5) is 0 Å². The van der Waals surface area contributed by atoms with Crippen LogP contribution in [0.1, 0.15) is 17.2 Å². The highest BCUT2D eigenvalue weighted by Crippen LogP contribution is 2.30. The third-order valence-electron chi connectivity index (χ3n) is 2.22. The molecule has 0 aliphatic heterocycles. The fraction of sp³-hybridized carbons (Fsp3) is 0.0909. The van der Waals surface area contributed by atoms with E-state index in [0.29, 0.717) is 0 Å². The molecular formula is C11H10BrNOS. The second-order valence-corrected chi connectivity index (χ2v) is 4.87. The molecule has 15 heavy (non-hydrogen) atoms. The first-order valence-corrected chi connectivity index (χ1v) is 6.18. The van der Waals surface area contributed by atoms with Gasteiger partial charge >= 0.3 is 0 Å². The lowest BCUT2D eigenvalue weighted by molar-refractivity contribution is 0.474. The summed E-state index contributed by atoms with van der Waals surface area (Å²) >= 11 is 5.04. The maximum Gasteiger partial charge on any atom is 0.116 e. The zero-order chi connectivity index (χ0) is 10.8. The number of aromatic hydroxyl groups is 1. The van der Waals surface area contributed by atoms with Gasteiger partial charge in [-0.3, -0.25) is 0 Å². The summed E-state index contributed by atoms with van der Waals surface area (Å²) in [7, 11) is 0. The van der Waals surface area contributed by atoms with E-state index in [9.17, 15) is 5.11 Å². The molecule has 0 bridgehead atoms. The maximum atomic E-state index is 9.41. The van der Waals surface area contributed by atoms with Crippen LogP contribution in [0.3, 0.4) is 0 Å². The number of halogens is 1. The van der Waals surface area contributed by atoms with Crippen LogP contribution in [0.25, 0.3) is 0 Å². The molecule has 1 aromatic heterocycles. The standard InChI is InChI=1S/C11H10BrNOS/c12-10-2-1-8(14)5-9(10)11(13)7-3-4-15-6-7/h1-6,11,14H,13H2/t11-/m0/s1. The van der Waals surface area contributed by atoms with Crippen molar-refractivity contribution in [1.29, 1.82) is 0 Å². The first kappa shape index (κ1) is 10.7. The van der Waals surface area contributed by atoms with E-state index in [4.69, 9.17) is 5.73 Å². The average Bonchev–Trinajstić information content (AvgIpc) is 2.74. The fourth-order valence-corrected chi connectivity index (χ4v) is 2.59. The Morgan fingerprint density at radius 1 is 1.33 bits per heavy atom. The minimum atomic E-state index is -0.197. The van der Waals surface area contributed by atoms with Gasteiger partial charge in [0.25, 0.3) is 0 Å². The van der Waals surface area contributed by atoms with Crippen LogP contribution in [-0.4, -0.2) is 5.11 Å². The molecule has 2 aromatic rings. The molecule has 3 N–H and O–H groups in total. The highest BCUT2D eigenvalue weighted by atomic mass is 79.9. The number of hydrogen-bond acceptors (Lipinski definition) is 3. The van der Waals surface area contributed by atoms with Gasteiger partial charge < -0.3 is 10.8 Å². The Hall–Kier alpha value is -0.840. The monoisotopic (exact) mass is 283 g/mol. The Morgan fingerprint density at radius 3 is 2.80 bits per heavy atom. The topological polar surface area (TPSA) is 46.2 Å². The van der Waals surface area contributed by atoms with E-state index in [1.807, 2.05) is 16.8 Å². The van der Waals surface area contributed by atoms with Crippen molar-refractivity contribution in [1.82, 2.24) is 0 Å². The van der Waals surface area contributed by atoms with Gasteiger partial charge in [0, 0.05) is 4.47 Å². The van der Waals surface area contributed by atoms with Crippen molar-refractivity contribution in [2.24, 2.45) is 5.73 Å². The van der Waals surface area contributed by atoms with Crippen molar-refractivity contribution in [2.45, 2.75) is 6.04 Å². The zero-order valence-corrected chi connectivity index (χ0v) is 10.3. The molecule has 4 heteroatoms. The molecule has 0 saturated heterocycles. The van der Waals surface area contributed by atoms with Crippen LogP contribution >= 0.6 is 27.3 Å². The van der Waals surface area contributed by atoms with Crippen molar-refractivity contribution in [2.75, 3.05) is 0 Å². The first-order valence-electron chi connectivity index (χ1n) is 4.44. The van der Waals surface area contributed by atoms with Crippen LogP contribution in [0.2, 0.25) is 0 Å². The van der Waals surface area contributed by atoms with E-state index < -0.39 is 0 Å². The van der Waals surface area contributed by atoms with E-state index in [-0.39, 0.29) is 11.8 Å². The lowest BCUT2D eigenvalue weighted by Gasteiger charge is -2.12. The van der Waals surface area contributed by atoms with Gasteiger partial charge in [0.2, 0.25) is 0 Å². The van der Waals surface area contributed by atoms with E-state index in [1.165, 1.54) is 0 Å². The molecule has 78 valence electrons. The third kappa shape index (κ3) is 2.22. The van der Waals surface area contributed by atoms with Gasteiger partial charge in [-0.2, -0.15) is 11.3 Å². The molecule has 0 spiro atoms. The highest BCUT2D eigenvalue weighted by molar-refractivity contribution is 9.10. The summed E-state index contributed by atoms with van der Waals surface area (Å²) < 4.78 is 0.916. The molecule has 0 amide bonds. The lowest BCUT2D eigenvalue weighted by Crippen LogP contribution is -2.11. The Kier molecular flexibility index (Phi) is 3.09. The zero-order valence-electron chi connectivity index (χ0n) is 7.85. The highest BCUT2D eigenvalue weighted by Gasteiger charge is 2.13. The van der Waals surface area contributed by atoms with E-state index in [2.05, 4.69) is 15.9 Å². The van der Waals surface area contributed by atoms with Crippen LogP contribution in [0, 0.1) is 0 Å². The number of benzene rings is 1. The summed E-state index contributed by atoms with van der Waals surface area (Å²) in [6.45, 7) is 0. The largest absolute Gasteiger partial charge is 0.508 e. The lowest BCUT2D eigenvalue weighted by atomic mass is 10.0. The number of thiophene rings is 1. The molecule has 0 aliphatic rings. The predicted molar refractivity (Wildman–Crippen MR) is 66.2 cm³/mol. The number of hydrogen-bond donors (Lipinski definition) is 2.